The zero-order valence-electron chi connectivity index (χ0n) is 12.7. The standard InChI is InChI=1S/C17H24FNO/c1-4-17(2,3)12-15-6-5-11-19(15)16(20)13-7-9-14(18)10-8-13/h7-10,15H,4-6,11-12H2,1-3H3. The lowest BCUT2D eigenvalue weighted by molar-refractivity contribution is 0.0696. The molecule has 0 spiro atoms. The number of nitrogens with zero attached hydrogens (tertiary/aromatic N) is 1. The van der Waals surface area contributed by atoms with E-state index in [-0.39, 0.29) is 17.1 Å². The van der Waals surface area contributed by atoms with E-state index < -0.39 is 0 Å². The summed E-state index contributed by atoms with van der Waals surface area (Å²) >= 11 is 0. The van der Waals surface area contributed by atoms with Crippen LogP contribution in [0.5, 0.6) is 0 Å². The third-order valence-electron chi connectivity index (χ3n) is 4.47. The smallest absolute Gasteiger partial charge is 0.254 e. The summed E-state index contributed by atoms with van der Waals surface area (Å²) in [7, 11) is 0. The number of hydrogen-bond donors (Lipinski definition) is 0. The van der Waals surface area contributed by atoms with Crippen molar-refractivity contribution in [2.75, 3.05) is 6.54 Å². The van der Waals surface area contributed by atoms with E-state index in [1.807, 2.05) is 4.90 Å². The Labute approximate surface area is 121 Å². The van der Waals surface area contributed by atoms with Crippen molar-refractivity contribution < 1.29 is 9.18 Å². The van der Waals surface area contributed by atoms with Gasteiger partial charge >= 0.3 is 0 Å². The number of rotatable bonds is 4. The first-order valence-electron chi connectivity index (χ1n) is 7.49. The highest BCUT2D eigenvalue weighted by Crippen LogP contribution is 2.33. The fourth-order valence-corrected chi connectivity index (χ4v) is 2.86. The van der Waals surface area contributed by atoms with E-state index in [1.165, 1.54) is 12.1 Å². The van der Waals surface area contributed by atoms with E-state index >= 15 is 0 Å². The highest BCUT2D eigenvalue weighted by atomic mass is 19.1. The van der Waals surface area contributed by atoms with E-state index in [0.29, 0.717) is 11.6 Å². The van der Waals surface area contributed by atoms with Crippen LogP contribution in [0.4, 0.5) is 4.39 Å². The van der Waals surface area contributed by atoms with Gasteiger partial charge in [0.05, 0.1) is 0 Å². The third kappa shape index (κ3) is 3.38. The number of likely N-dealkylation sites (tertiary alicyclic amines) is 1. The number of carbonyl (C=O) groups excluding carboxylic acids is 1. The van der Waals surface area contributed by atoms with Crippen molar-refractivity contribution in [3.05, 3.63) is 35.6 Å². The predicted octanol–water partition coefficient (Wildman–Crippen LogP) is 4.26. The van der Waals surface area contributed by atoms with Gasteiger partial charge in [0.1, 0.15) is 5.82 Å². The van der Waals surface area contributed by atoms with Crippen molar-refractivity contribution in [2.24, 2.45) is 5.41 Å². The van der Waals surface area contributed by atoms with Gasteiger partial charge in [-0.2, -0.15) is 0 Å². The molecular weight excluding hydrogens is 253 g/mol. The van der Waals surface area contributed by atoms with E-state index in [2.05, 4.69) is 20.8 Å². The monoisotopic (exact) mass is 277 g/mol. The molecule has 1 amide bonds. The first-order valence-corrected chi connectivity index (χ1v) is 7.49. The molecule has 1 heterocycles. The van der Waals surface area contributed by atoms with Crippen molar-refractivity contribution in [2.45, 2.75) is 52.5 Å². The summed E-state index contributed by atoms with van der Waals surface area (Å²) in [6.45, 7) is 7.53. The van der Waals surface area contributed by atoms with Gasteiger partial charge in [0.25, 0.3) is 5.91 Å². The Morgan fingerprint density at radius 2 is 2.00 bits per heavy atom. The second kappa shape index (κ2) is 5.94. The Morgan fingerprint density at radius 3 is 2.60 bits per heavy atom. The first-order chi connectivity index (χ1) is 9.43. The summed E-state index contributed by atoms with van der Waals surface area (Å²) in [5, 5.41) is 0. The SMILES string of the molecule is CCC(C)(C)CC1CCCN1C(=O)c1ccc(F)cc1. The summed E-state index contributed by atoms with van der Waals surface area (Å²) in [5.74, 6) is -0.258. The molecule has 0 aromatic heterocycles. The van der Waals surface area contributed by atoms with Gasteiger partial charge in [0, 0.05) is 18.2 Å². The fraction of sp³-hybridized carbons (Fsp3) is 0.588. The Hall–Kier alpha value is -1.38. The topological polar surface area (TPSA) is 20.3 Å². The summed E-state index contributed by atoms with van der Waals surface area (Å²) in [6.07, 6.45) is 4.30. The Kier molecular flexibility index (Phi) is 4.46. The molecule has 0 radical (unpaired) electrons. The summed E-state index contributed by atoms with van der Waals surface area (Å²) in [6, 6.07) is 6.20. The molecule has 1 unspecified atom stereocenters. The van der Waals surface area contributed by atoms with Crippen molar-refractivity contribution in [1.82, 2.24) is 4.90 Å². The van der Waals surface area contributed by atoms with Crippen LogP contribution in [0.25, 0.3) is 0 Å². The quantitative estimate of drug-likeness (QED) is 0.805. The van der Waals surface area contributed by atoms with Gasteiger partial charge in [-0.25, -0.2) is 4.39 Å². The van der Waals surface area contributed by atoms with Crippen LogP contribution in [-0.4, -0.2) is 23.4 Å². The molecule has 1 aliphatic rings. The molecule has 2 rings (SSSR count). The maximum Gasteiger partial charge on any atom is 0.254 e. The minimum absolute atomic E-state index is 0.0411. The molecule has 1 saturated heterocycles. The van der Waals surface area contributed by atoms with Crippen LogP contribution >= 0.6 is 0 Å². The lowest BCUT2D eigenvalue weighted by atomic mass is 9.82. The van der Waals surface area contributed by atoms with Crippen LogP contribution in [0.15, 0.2) is 24.3 Å². The highest BCUT2D eigenvalue weighted by Gasteiger charge is 2.33. The van der Waals surface area contributed by atoms with Crippen LogP contribution in [0.1, 0.15) is 56.8 Å². The average molecular weight is 277 g/mol. The maximum atomic E-state index is 12.9. The molecule has 0 bridgehead atoms. The summed E-state index contributed by atoms with van der Waals surface area (Å²) in [5.41, 5.74) is 0.851. The number of carbonyl (C=O) groups is 1. The van der Waals surface area contributed by atoms with Gasteiger partial charge in [-0.05, 0) is 48.9 Å². The van der Waals surface area contributed by atoms with E-state index in [0.717, 1.165) is 32.2 Å². The third-order valence-corrected chi connectivity index (χ3v) is 4.47. The molecule has 3 heteroatoms. The largest absolute Gasteiger partial charge is 0.336 e. The number of halogens is 1. The molecule has 0 N–H and O–H groups in total. The van der Waals surface area contributed by atoms with Crippen LogP contribution in [0.3, 0.4) is 0 Å². The Balaban J connectivity index is 2.10. The van der Waals surface area contributed by atoms with Gasteiger partial charge in [0.15, 0.2) is 0 Å². The van der Waals surface area contributed by atoms with Crippen molar-refractivity contribution in [3.8, 4) is 0 Å². The molecule has 0 aliphatic carbocycles. The summed E-state index contributed by atoms with van der Waals surface area (Å²) in [4.78, 5) is 14.5. The first kappa shape index (κ1) is 15.0. The fourth-order valence-electron chi connectivity index (χ4n) is 2.86. The van der Waals surface area contributed by atoms with Gasteiger partial charge in [-0.15, -0.1) is 0 Å². The van der Waals surface area contributed by atoms with E-state index in [1.54, 1.807) is 12.1 Å². The minimum Gasteiger partial charge on any atom is -0.336 e. The maximum absolute atomic E-state index is 12.9. The van der Waals surface area contributed by atoms with Gasteiger partial charge in [-0.3, -0.25) is 4.79 Å². The van der Waals surface area contributed by atoms with Crippen molar-refractivity contribution >= 4 is 5.91 Å². The lowest BCUT2D eigenvalue weighted by Crippen LogP contribution is -2.38. The highest BCUT2D eigenvalue weighted by molar-refractivity contribution is 5.94. The van der Waals surface area contributed by atoms with Crippen molar-refractivity contribution in [3.63, 3.8) is 0 Å². The lowest BCUT2D eigenvalue weighted by Gasteiger charge is -2.32. The molecule has 1 fully saturated rings. The second-order valence-electron chi connectivity index (χ2n) is 6.52. The molecule has 20 heavy (non-hydrogen) atoms. The van der Waals surface area contributed by atoms with Crippen molar-refractivity contribution in [1.29, 1.82) is 0 Å². The van der Waals surface area contributed by atoms with Crippen LogP contribution in [0.2, 0.25) is 0 Å². The van der Waals surface area contributed by atoms with Gasteiger partial charge in [-0.1, -0.05) is 27.2 Å². The number of benzene rings is 1. The summed E-state index contributed by atoms with van der Waals surface area (Å²) < 4.78 is 12.9. The zero-order chi connectivity index (χ0) is 14.8. The second-order valence-corrected chi connectivity index (χ2v) is 6.52. The molecule has 0 saturated carbocycles. The number of hydrogen-bond acceptors (Lipinski definition) is 1. The molecule has 1 aromatic carbocycles. The number of amides is 1. The Bertz CT molecular complexity index is 466. The average Bonchev–Trinajstić information content (AvgIpc) is 2.86. The van der Waals surface area contributed by atoms with E-state index in [4.69, 9.17) is 0 Å². The van der Waals surface area contributed by atoms with Crippen LogP contribution < -0.4 is 0 Å². The zero-order valence-corrected chi connectivity index (χ0v) is 12.7. The predicted molar refractivity (Wildman–Crippen MR) is 79.1 cm³/mol. The van der Waals surface area contributed by atoms with Gasteiger partial charge < -0.3 is 4.90 Å². The molecular formula is C17H24FNO. The molecule has 2 nitrogen and oxygen atoms in total. The van der Waals surface area contributed by atoms with Gasteiger partial charge in [0.2, 0.25) is 0 Å². The van der Waals surface area contributed by atoms with Crippen LogP contribution in [-0.2, 0) is 0 Å². The van der Waals surface area contributed by atoms with E-state index in [9.17, 15) is 9.18 Å². The Morgan fingerprint density at radius 1 is 1.35 bits per heavy atom. The van der Waals surface area contributed by atoms with Crippen LogP contribution in [0, 0.1) is 11.2 Å². The molecule has 1 atom stereocenters. The molecule has 1 aromatic rings. The minimum atomic E-state index is -0.299. The molecule has 1 aliphatic heterocycles. The normalized spacial score (nSPS) is 19.4. The molecule has 110 valence electrons.